The minimum absolute atomic E-state index is 0.0714. The Hall–Kier alpha value is -4.77. The molecule has 0 unspecified atom stereocenters. The molecule has 2 N–H and O–H groups in total. The second-order valence-electron chi connectivity index (χ2n) is 11.2. The first-order valence-electron chi connectivity index (χ1n) is 14.9. The second kappa shape index (κ2) is 12.8. The number of hydrogen-bond acceptors (Lipinski definition) is 7. The molecule has 2 fully saturated rings. The maximum atomic E-state index is 13.4. The SMILES string of the molecule is CCOC(=O)c1ccc(N2CCN(C(=O)CN3CC[C@@H](C(=O)Nc4ccc5[nH]nc(-c6ccc(F)cc6)c5c4)C3)CC2)cc1. The van der Waals surface area contributed by atoms with Crippen molar-refractivity contribution >= 4 is 40.1 Å². The Kier molecular flexibility index (Phi) is 8.56. The van der Waals surface area contributed by atoms with E-state index in [0.717, 1.165) is 22.2 Å². The predicted molar refractivity (Wildman–Crippen MR) is 166 cm³/mol. The molecule has 1 atom stereocenters. The molecule has 2 saturated heterocycles. The van der Waals surface area contributed by atoms with Crippen LogP contribution in [-0.2, 0) is 14.3 Å². The number of halogens is 1. The van der Waals surface area contributed by atoms with Gasteiger partial charge in [0.25, 0.3) is 0 Å². The van der Waals surface area contributed by atoms with E-state index in [1.54, 1.807) is 31.2 Å². The lowest BCUT2D eigenvalue weighted by Gasteiger charge is -2.36. The molecule has 0 spiro atoms. The van der Waals surface area contributed by atoms with Gasteiger partial charge in [-0.15, -0.1) is 0 Å². The van der Waals surface area contributed by atoms with Crippen LogP contribution < -0.4 is 10.2 Å². The number of H-pyrrole nitrogens is 1. The van der Waals surface area contributed by atoms with Crippen LogP contribution >= 0.6 is 0 Å². The fourth-order valence-corrected chi connectivity index (χ4v) is 5.88. The Morgan fingerprint density at radius 3 is 2.45 bits per heavy atom. The highest BCUT2D eigenvalue weighted by atomic mass is 19.1. The molecule has 0 radical (unpaired) electrons. The van der Waals surface area contributed by atoms with Crippen molar-refractivity contribution in [1.29, 1.82) is 0 Å². The molecule has 6 rings (SSSR count). The number of hydrogen-bond donors (Lipinski definition) is 2. The summed E-state index contributed by atoms with van der Waals surface area (Å²) < 4.78 is 18.4. The highest BCUT2D eigenvalue weighted by molar-refractivity contribution is 5.99. The van der Waals surface area contributed by atoms with Crippen LogP contribution in [0.25, 0.3) is 22.2 Å². The lowest BCUT2D eigenvalue weighted by Crippen LogP contribution is -2.51. The number of nitrogens with zero attached hydrogens (tertiary/aromatic N) is 4. The van der Waals surface area contributed by atoms with Crippen molar-refractivity contribution in [1.82, 2.24) is 20.0 Å². The molecule has 3 heterocycles. The Morgan fingerprint density at radius 2 is 1.73 bits per heavy atom. The maximum Gasteiger partial charge on any atom is 0.338 e. The summed E-state index contributed by atoms with van der Waals surface area (Å²) in [7, 11) is 0. The van der Waals surface area contributed by atoms with E-state index in [9.17, 15) is 18.8 Å². The average molecular weight is 599 g/mol. The molecule has 0 aliphatic carbocycles. The number of ether oxygens (including phenoxy) is 1. The number of piperazine rings is 1. The second-order valence-corrected chi connectivity index (χ2v) is 11.2. The van der Waals surface area contributed by atoms with Gasteiger partial charge >= 0.3 is 5.97 Å². The van der Waals surface area contributed by atoms with Crippen LogP contribution in [0.3, 0.4) is 0 Å². The highest BCUT2D eigenvalue weighted by Crippen LogP contribution is 2.29. The summed E-state index contributed by atoms with van der Waals surface area (Å²) in [6, 6.07) is 19.1. The lowest BCUT2D eigenvalue weighted by atomic mass is 10.1. The normalized spacial score (nSPS) is 17.2. The van der Waals surface area contributed by atoms with Crippen LogP contribution in [0.1, 0.15) is 23.7 Å². The van der Waals surface area contributed by atoms with Gasteiger partial charge in [0, 0.05) is 55.0 Å². The number of aromatic nitrogens is 2. The van der Waals surface area contributed by atoms with E-state index in [-0.39, 0.29) is 29.5 Å². The van der Waals surface area contributed by atoms with Gasteiger partial charge in [0.15, 0.2) is 0 Å². The molecule has 44 heavy (non-hydrogen) atoms. The Labute approximate surface area is 254 Å². The van der Waals surface area contributed by atoms with Gasteiger partial charge in [0.05, 0.1) is 35.8 Å². The molecule has 1 aromatic heterocycles. The van der Waals surface area contributed by atoms with E-state index in [4.69, 9.17) is 4.74 Å². The number of nitrogens with one attached hydrogen (secondary N) is 2. The molecule has 3 aromatic carbocycles. The maximum absolute atomic E-state index is 13.4. The van der Waals surface area contributed by atoms with Crippen molar-refractivity contribution in [3.05, 3.63) is 78.1 Å². The molecule has 11 heteroatoms. The van der Waals surface area contributed by atoms with Crippen molar-refractivity contribution in [2.45, 2.75) is 13.3 Å². The largest absolute Gasteiger partial charge is 0.462 e. The van der Waals surface area contributed by atoms with Crippen LogP contribution in [0.4, 0.5) is 15.8 Å². The number of fused-ring (bicyclic) bond motifs is 1. The first-order chi connectivity index (χ1) is 21.4. The number of likely N-dealkylation sites (tertiary alicyclic amines) is 1. The molecule has 2 amide bonds. The monoisotopic (exact) mass is 598 g/mol. The summed E-state index contributed by atoms with van der Waals surface area (Å²) in [4.78, 5) is 44.3. The molecule has 2 aliphatic rings. The van der Waals surface area contributed by atoms with Gasteiger partial charge in [-0.1, -0.05) is 0 Å². The zero-order valence-corrected chi connectivity index (χ0v) is 24.6. The predicted octanol–water partition coefficient (Wildman–Crippen LogP) is 4.15. The third kappa shape index (κ3) is 6.42. The number of esters is 1. The standard InChI is InChI=1S/C33H35FN6O4/c1-2-44-33(43)23-5-10-27(11-6-23)39-15-17-40(18-16-39)30(41)21-38-14-13-24(20-38)32(42)35-26-9-12-29-28(19-26)31(37-36-29)22-3-7-25(34)8-4-22/h3-12,19,24H,2,13-18,20-21H2,1H3,(H,35,42)(H,36,37)/t24-/m1/s1. The summed E-state index contributed by atoms with van der Waals surface area (Å²) in [5.74, 6) is -0.860. The first kappa shape index (κ1) is 29.3. The molecule has 0 saturated carbocycles. The topological polar surface area (TPSA) is 111 Å². The van der Waals surface area contributed by atoms with Crippen molar-refractivity contribution in [3.8, 4) is 11.3 Å². The summed E-state index contributed by atoms with van der Waals surface area (Å²) >= 11 is 0. The van der Waals surface area contributed by atoms with Gasteiger partial charge < -0.3 is 19.9 Å². The minimum Gasteiger partial charge on any atom is -0.462 e. The number of amides is 2. The molecule has 10 nitrogen and oxygen atoms in total. The fraction of sp³-hybridized carbons (Fsp3) is 0.333. The third-order valence-corrected chi connectivity index (χ3v) is 8.33. The first-order valence-corrected chi connectivity index (χ1v) is 14.9. The molecule has 2 aliphatic heterocycles. The van der Waals surface area contributed by atoms with E-state index in [2.05, 4.69) is 25.3 Å². The van der Waals surface area contributed by atoms with Crippen LogP contribution in [0.2, 0.25) is 0 Å². The van der Waals surface area contributed by atoms with Crippen LogP contribution in [0, 0.1) is 11.7 Å². The van der Waals surface area contributed by atoms with E-state index >= 15 is 0 Å². The third-order valence-electron chi connectivity index (χ3n) is 8.33. The number of anilines is 2. The van der Waals surface area contributed by atoms with Crippen molar-refractivity contribution in [2.75, 3.05) is 62.6 Å². The zero-order valence-electron chi connectivity index (χ0n) is 24.6. The van der Waals surface area contributed by atoms with Gasteiger partial charge in [-0.3, -0.25) is 19.6 Å². The van der Waals surface area contributed by atoms with Crippen molar-refractivity contribution in [2.24, 2.45) is 5.92 Å². The Morgan fingerprint density at radius 1 is 0.977 bits per heavy atom. The van der Waals surface area contributed by atoms with Crippen LogP contribution in [0.15, 0.2) is 66.7 Å². The molecule has 4 aromatic rings. The fourth-order valence-electron chi connectivity index (χ4n) is 5.88. The van der Waals surface area contributed by atoms with Gasteiger partial charge in [0.1, 0.15) is 5.82 Å². The summed E-state index contributed by atoms with van der Waals surface area (Å²) in [6.45, 7) is 6.28. The number of carbonyl (C=O) groups is 3. The summed E-state index contributed by atoms with van der Waals surface area (Å²) in [5.41, 5.74) is 4.49. The number of aromatic amines is 1. The molecule has 228 valence electrons. The van der Waals surface area contributed by atoms with Gasteiger partial charge in [0.2, 0.25) is 11.8 Å². The van der Waals surface area contributed by atoms with Crippen molar-refractivity contribution < 1.29 is 23.5 Å². The summed E-state index contributed by atoms with van der Waals surface area (Å²) in [5, 5.41) is 11.2. The zero-order chi connectivity index (χ0) is 30.6. The van der Waals surface area contributed by atoms with Gasteiger partial charge in [-0.25, -0.2) is 9.18 Å². The number of benzene rings is 3. The van der Waals surface area contributed by atoms with E-state index in [0.29, 0.717) is 75.8 Å². The number of rotatable bonds is 8. The van der Waals surface area contributed by atoms with Crippen LogP contribution in [0.5, 0.6) is 0 Å². The average Bonchev–Trinajstić information content (AvgIpc) is 3.69. The molecular formula is C33H35FN6O4. The van der Waals surface area contributed by atoms with E-state index in [1.807, 2.05) is 35.2 Å². The Balaban J connectivity index is 0.987. The minimum atomic E-state index is -0.330. The van der Waals surface area contributed by atoms with E-state index in [1.165, 1.54) is 12.1 Å². The lowest BCUT2D eigenvalue weighted by molar-refractivity contribution is -0.132. The molecule has 0 bridgehead atoms. The van der Waals surface area contributed by atoms with Gasteiger partial charge in [-0.05, 0) is 86.6 Å². The van der Waals surface area contributed by atoms with Gasteiger partial charge in [-0.2, -0.15) is 5.10 Å². The van der Waals surface area contributed by atoms with Crippen molar-refractivity contribution in [3.63, 3.8) is 0 Å². The molecular weight excluding hydrogens is 563 g/mol. The summed E-state index contributed by atoms with van der Waals surface area (Å²) in [6.07, 6.45) is 0.684. The quantitative estimate of drug-likeness (QED) is 0.293. The smallest absolute Gasteiger partial charge is 0.338 e. The number of carbonyl (C=O) groups excluding carboxylic acids is 3. The Bertz CT molecular complexity index is 1650. The highest BCUT2D eigenvalue weighted by Gasteiger charge is 2.31. The van der Waals surface area contributed by atoms with Crippen LogP contribution in [-0.4, -0.2) is 90.2 Å². The van der Waals surface area contributed by atoms with E-state index < -0.39 is 0 Å².